The minimum atomic E-state index is -3.95. The highest BCUT2D eigenvalue weighted by molar-refractivity contribution is 7.89. The van der Waals surface area contributed by atoms with E-state index >= 15 is 0 Å². The standard InChI is InChI=1S/C25H28N2O5S2/c1-32-22-12-10-21(11-13-22)25(20-8-4-2-5-9-20)26-33(28,29)23-14-16-24(17-15-23)34(30,31)27-18-6-3-7-19-27/h2,4-5,8-17,25-26H,3,6-7,18-19H2,1H3/t25-/m0/s1. The first kappa shape index (κ1) is 24.4. The van der Waals surface area contributed by atoms with Gasteiger partial charge < -0.3 is 4.74 Å². The molecule has 7 nitrogen and oxygen atoms in total. The van der Waals surface area contributed by atoms with Crippen LogP contribution < -0.4 is 9.46 Å². The van der Waals surface area contributed by atoms with Gasteiger partial charge in [0, 0.05) is 13.1 Å². The summed E-state index contributed by atoms with van der Waals surface area (Å²) < 4.78 is 61.8. The van der Waals surface area contributed by atoms with Crippen molar-refractivity contribution in [2.75, 3.05) is 20.2 Å². The molecule has 1 aliphatic rings. The minimum Gasteiger partial charge on any atom is -0.497 e. The summed E-state index contributed by atoms with van der Waals surface area (Å²) in [6.07, 6.45) is 2.69. The lowest BCUT2D eigenvalue weighted by molar-refractivity contribution is 0.346. The van der Waals surface area contributed by atoms with Crippen molar-refractivity contribution in [3.63, 3.8) is 0 Å². The predicted molar refractivity (Wildman–Crippen MR) is 131 cm³/mol. The van der Waals surface area contributed by atoms with Crippen LogP contribution in [0.4, 0.5) is 0 Å². The van der Waals surface area contributed by atoms with Gasteiger partial charge in [0.05, 0.1) is 22.9 Å². The van der Waals surface area contributed by atoms with Crippen LogP contribution in [0.2, 0.25) is 0 Å². The first-order valence-corrected chi connectivity index (χ1v) is 14.0. The first-order chi connectivity index (χ1) is 16.3. The van der Waals surface area contributed by atoms with Gasteiger partial charge >= 0.3 is 0 Å². The van der Waals surface area contributed by atoms with Crippen molar-refractivity contribution >= 4 is 20.0 Å². The highest BCUT2D eigenvalue weighted by atomic mass is 32.2. The molecule has 0 aromatic heterocycles. The average Bonchev–Trinajstić information content (AvgIpc) is 2.88. The molecule has 1 heterocycles. The fourth-order valence-corrected chi connectivity index (χ4v) is 6.77. The monoisotopic (exact) mass is 500 g/mol. The van der Waals surface area contributed by atoms with Crippen molar-refractivity contribution in [2.24, 2.45) is 0 Å². The molecule has 1 atom stereocenters. The molecule has 1 fully saturated rings. The molecule has 1 saturated heterocycles. The topological polar surface area (TPSA) is 92.8 Å². The van der Waals surface area contributed by atoms with Crippen LogP contribution in [0.3, 0.4) is 0 Å². The Morgan fingerprint density at radius 1 is 0.735 bits per heavy atom. The third kappa shape index (κ3) is 5.33. The molecule has 0 saturated carbocycles. The molecule has 0 bridgehead atoms. The number of piperidine rings is 1. The molecular weight excluding hydrogens is 472 g/mol. The van der Waals surface area contributed by atoms with E-state index in [-0.39, 0.29) is 9.79 Å². The Balaban J connectivity index is 1.61. The molecule has 0 unspecified atom stereocenters. The van der Waals surface area contributed by atoms with Gasteiger partial charge in [-0.1, -0.05) is 48.9 Å². The molecular formula is C25H28N2O5S2. The second-order valence-corrected chi connectivity index (χ2v) is 11.8. The Hall–Kier alpha value is -2.72. The smallest absolute Gasteiger partial charge is 0.243 e. The number of nitrogens with zero attached hydrogens (tertiary/aromatic N) is 1. The number of nitrogens with one attached hydrogen (secondary N) is 1. The molecule has 34 heavy (non-hydrogen) atoms. The van der Waals surface area contributed by atoms with Crippen molar-refractivity contribution in [3.8, 4) is 5.75 Å². The number of rotatable bonds is 8. The van der Waals surface area contributed by atoms with Gasteiger partial charge in [-0.05, 0) is 60.4 Å². The van der Waals surface area contributed by atoms with E-state index in [2.05, 4.69) is 4.72 Å². The van der Waals surface area contributed by atoms with Crippen LogP contribution >= 0.6 is 0 Å². The third-order valence-corrected chi connectivity index (χ3v) is 9.29. The van der Waals surface area contributed by atoms with Crippen LogP contribution in [0, 0.1) is 0 Å². The molecule has 3 aromatic carbocycles. The molecule has 0 radical (unpaired) electrons. The summed E-state index contributed by atoms with van der Waals surface area (Å²) in [7, 11) is -6.01. The zero-order chi connectivity index (χ0) is 24.2. The van der Waals surface area contributed by atoms with Crippen LogP contribution in [0.1, 0.15) is 36.4 Å². The SMILES string of the molecule is COc1ccc([C@@H](NS(=O)(=O)c2ccc(S(=O)(=O)N3CCCCC3)cc2)c2ccccc2)cc1. The van der Waals surface area contributed by atoms with Crippen LogP contribution in [0.25, 0.3) is 0 Å². The van der Waals surface area contributed by atoms with Crippen molar-refractivity contribution in [1.82, 2.24) is 9.03 Å². The largest absolute Gasteiger partial charge is 0.497 e. The molecule has 4 rings (SSSR count). The van der Waals surface area contributed by atoms with Gasteiger partial charge in [-0.15, -0.1) is 0 Å². The van der Waals surface area contributed by atoms with E-state index in [1.165, 1.54) is 28.6 Å². The van der Waals surface area contributed by atoms with Gasteiger partial charge in [-0.3, -0.25) is 0 Å². The maximum Gasteiger partial charge on any atom is 0.243 e. The Morgan fingerprint density at radius 3 is 1.88 bits per heavy atom. The van der Waals surface area contributed by atoms with Crippen LogP contribution in [0.5, 0.6) is 5.75 Å². The lowest BCUT2D eigenvalue weighted by atomic mass is 10.00. The lowest BCUT2D eigenvalue weighted by Crippen LogP contribution is -2.35. The van der Waals surface area contributed by atoms with Crippen molar-refractivity contribution < 1.29 is 21.6 Å². The van der Waals surface area contributed by atoms with Crippen LogP contribution in [-0.4, -0.2) is 41.3 Å². The van der Waals surface area contributed by atoms with E-state index in [1.807, 2.05) is 42.5 Å². The van der Waals surface area contributed by atoms with Crippen LogP contribution in [0.15, 0.2) is 88.7 Å². The molecule has 0 amide bonds. The number of benzene rings is 3. The Bertz CT molecular complexity index is 1300. The van der Waals surface area contributed by atoms with Gasteiger partial charge in [0.1, 0.15) is 5.75 Å². The van der Waals surface area contributed by atoms with Gasteiger partial charge in [-0.25, -0.2) is 16.8 Å². The molecule has 3 aromatic rings. The summed E-state index contributed by atoms with van der Waals surface area (Å²) in [6, 6.07) is 21.2. The fourth-order valence-electron chi connectivity index (χ4n) is 4.04. The average molecular weight is 501 g/mol. The summed E-state index contributed by atoms with van der Waals surface area (Å²) in [6.45, 7) is 0.981. The van der Waals surface area contributed by atoms with E-state index in [0.717, 1.165) is 30.4 Å². The second kappa shape index (κ2) is 10.3. The van der Waals surface area contributed by atoms with Gasteiger partial charge in [0.25, 0.3) is 0 Å². The van der Waals surface area contributed by atoms with E-state index in [0.29, 0.717) is 18.8 Å². The quantitative estimate of drug-likeness (QED) is 0.506. The van der Waals surface area contributed by atoms with E-state index in [4.69, 9.17) is 4.74 Å². The minimum absolute atomic E-state index is 0.000429. The zero-order valence-electron chi connectivity index (χ0n) is 18.9. The van der Waals surface area contributed by atoms with Crippen molar-refractivity contribution in [2.45, 2.75) is 35.1 Å². The number of hydrogen-bond donors (Lipinski definition) is 1. The molecule has 1 N–H and O–H groups in total. The summed E-state index contributed by atoms with van der Waals surface area (Å²) in [4.78, 5) is 0.0997. The predicted octanol–water partition coefficient (Wildman–Crippen LogP) is 3.94. The molecule has 1 aliphatic heterocycles. The van der Waals surface area contributed by atoms with E-state index in [9.17, 15) is 16.8 Å². The number of hydrogen-bond acceptors (Lipinski definition) is 5. The number of ether oxygens (including phenoxy) is 1. The summed E-state index contributed by atoms with van der Waals surface area (Å²) in [5.74, 6) is 0.670. The van der Waals surface area contributed by atoms with E-state index in [1.54, 1.807) is 19.2 Å². The summed E-state index contributed by atoms with van der Waals surface area (Å²) in [5.41, 5.74) is 1.53. The Labute approximate surface area is 201 Å². The number of sulfonamides is 2. The van der Waals surface area contributed by atoms with Crippen LogP contribution in [-0.2, 0) is 20.0 Å². The highest BCUT2D eigenvalue weighted by Crippen LogP contribution is 2.27. The molecule has 9 heteroatoms. The maximum absolute atomic E-state index is 13.3. The Morgan fingerprint density at radius 2 is 1.29 bits per heavy atom. The maximum atomic E-state index is 13.3. The van der Waals surface area contributed by atoms with Gasteiger partial charge in [0.2, 0.25) is 20.0 Å². The molecule has 180 valence electrons. The zero-order valence-corrected chi connectivity index (χ0v) is 20.6. The normalized spacial score (nSPS) is 16.1. The highest BCUT2D eigenvalue weighted by Gasteiger charge is 2.27. The molecule has 0 aliphatic carbocycles. The first-order valence-electron chi connectivity index (χ1n) is 11.1. The molecule has 0 spiro atoms. The summed E-state index contributed by atoms with van der Waals surface area (Å²) in [5, 5.41) is 0. The van der Waals surface area contributed by atoms with Gasteiger partial charge in [0.15, 0.2) is 0 Å². The summed E-state index contributed by atoms with van der Waals surface area (Å²) >= 11 is 0. The lowest BCUT2D eigenvalue weighted by Gasteiger charge is -2.26. The van der Waals surface area contributed by atoms with Gasteiger partial charge in [-0.2, -0.15) is 9.03 Å². The van der Waals surface area contributed by atoms with Crippen molar-refractivity contribution in [3.05, 3.63) is 90.0 Å². The van der Waals surface area contributed by atoms with E-state index < -0.39 is 26.1 Å². The fraction of sp³-hybridized carbons (Fsp3) is 0.280. The number of methoxy groups -OCH3 is 1. The Kier molecular flexibility index (Phi) is 7.37. The van der Waals surface area contributed by atoms with Crippen molar-refractivity contribution in [1.29, 1.82) is 0 Å². The second-order valence-electron chi connectivity index (χ2n) is 8.17. The third-order valence-electron chi connectivity index (χ3n) is 5.94.